The van der Waals surface area contributed by atoms with Gasteiger partial charge in [0.1, 0.15) is 16.8 Å². The van der Waals surface area contributed by atoms with Crippen molar-refractivity contribution in [3.05, 3.63) is 63.9 Å². The molecule has 2 rings (SSSR count). The van der Waals surface area contributed by atoms with Crippen molar-refractivity contribution in [1.82, 2.24) is 10.3 Å². The normalized spacial score (nSPS) is 10.5. The highest BCUT2D eigenvalue weighted by molar-refractivity contribution is 6.29. The van der Waals surface area contributed by atoms with Crippen LogP contribution in [-0.2, 0) is 13.0 Å². The molecule has 0 aliphatic rings. The maximum absolute atomic E-state index is 13.5. The topological polar surface area (TPSA) is 42.0 Å². The van der Waals surface area contributed by atoms with Gasteiger partial charge in [0.25, 0.3) is 5.91 Å². The smallest absolute Gasteiger partial charge is 0.251 e. The number of halogens is 3. The molecule has 1 aromatic heterocycles. The lowest BCUT2D eigenvalue weighted by atomic mass is 10.1. The molecule has 21 heavy (non-hydrogen) atoms. The molecule has 0 atom stereocenters. The Morgan fingerprint density at radius 3 is 2.71 bits per heavy atom. The Morgan fingerprint density at radius 1 is 1.29 bits per heavy atom. The zero-order chi connectivity index (χ0) is 15.4. The second-order valence-corrected chi connectivity index (χ2v) is 4.83. The van der Waals surface area contributed by atoms with Gasteiger partial charge >= 0.3 is 0 Å². The first-order valence-corrected chi connectivity index (χ1v) is 6.76. The molecule has 0 radical (unpaired) electrons. The monoisotopic (exact) mass is 310 g/mol. The van der Waals surface area contributed by atoms with Crippen molar-refractivity contribution in [2.75, 3.05) is 0 Å². The molecule has 0 saturated heterocycles. The van der Waals surface area contributed by atoms with Crippen molar-refractivity contribution in [3.8, 4) is 0 Å². The molecule has 1 aromatic carbocycles. The Morgan fingerprint density at radius 2 is 2.05 bits per heavy atom. The summed E-state index contributed by atoms with van der Waals surface area (Å²) < 4.78 is 26.3. The Labute approximate surface area is 126 Å². The number of rotatable bonds is 4. The van der Waals surface area contributed by atoms with Gasteiger partial charge in [-0.25, -0.2) is 13.8 Å². The van der Waals surface area contributed by atoms with Crippen LogP contribution in [0.2, 0.25) is 5.15 Å². The van der Waals surface area contributed by atoms with Gasteiger partial charge in [-0.3, -0.25) is 4.79 Å². The summed E-state index contributed by atoms with van der Waals surface area (Å²) in [4.78, 5) is 16.1. The van der Waals surface area contributed by atoms with Gasteiger partial charge in [0, 0.05) is 29.4 Å². The number of hydrogen-bond donors (Lipinski definition) is 1. The van der Waals surface area contributed by atoms with Crippen molar-refractivity contribution in [3.63, 3.8) is 0 Å². The minimum Gasteiger partial charge on any atom is -0.348 e. The van der Waals surface area contributed by atoms with Crippen LogP contribution in [0.4, 0.5) is 8.78 Å². The van der Waals surface area contributed by atoms with E-state index < -0.39 is 17.5 Å². The van der Waals surface area contributed by atoms with E-state index >= 15 is 0 Å². The quantitative estimate of drug-likeness (QED) is 0.878. The van der Waals surface area contributed by atoms with E-state index in [2.05, 4.69) is 10.3 Å². The number of carbonyl (C=O) groups is 1. The summed E-state index contributed by atoms with van der Waals surface area (Å²) in [5.41, 5.74) is 1.26. The van der Waals surface area contributed by atoms with E-state index in [0.717, 1.165) is 12.1 Å². The molecule has 0 aliphatic heterocycles. The lowest BCUT2D eigenvalue weighted by Crippen LogP contribution is -2.23. The van der Waals surface area contributed by atoms with Gasteiger partial charge in [-0.05, 0) is 24.6 Å². The maximum atomic E-state index is 13.5. The van der Waals surface area contributed by atoms with Crippen LogP contribution in [0.15, 0.2) is 30.3 Å². The fourth-order valence-electron chi connectivity index (χ4n) is 1.81. The van der Waals surface area contributed by atoms with E-state index in [1.54, 1.807) is 6.07 Å². The molecule has 1 amide bonds. The van der Waals surface area contributed by atoms with Gasteiger partial charge in [0.05, 0.1) is 0 Å². The first-order chi connectivity index (χ1) is 9.99. The zero-order valence-electron chi connectivity index (χ0n) is 11.3. The molecular weight excluding hydrogens is 298 g/mol. The molecule has 0 spiro atoms. The summed E-state index contributed by atoms with van der Waals surface area (Å²) in [5, 5.41) is 2.80. The first-order valence-electron chi connectivity index (χ1n) is 6.38. The van der Waals surface area contributed by atoms with Crippen LogP contribution in [0, 0.1) is 11.6 Å². The predicted molar refractivity (Wildman–Crippen MR) is 76.2 cm³/mol. The first kappa shape index (κ1) is 15.4. The molecule has 110 valence electrons. The molecule has 1 heterocycles. The summed E-state index contributed by atoms with van der Waals surface area (Å²) in [6, 6.07) is 6.28. The summed E-state index contributed by atoms with van der Waals surface area (Å²) in [6.07, 6.45) is 0.646. The number of aryl methyl sites for hydroxylation is 1. The van der Waals surface area contributed by atoms with Crippen molar-refractivity contribution < 1.29 is 13.6 Å². The Kier molecular flexibility index (Phi) is 4.85. The maximum Gasteiger partial charge on any atom is 0.251 e. The molecule has 0 saturated carbocycles. The highest BCUT2D eigenvalue weighted by Crippen LogP contribution is 2.13. The number of hydrogen-bond acceptors (Lipinski definition) is 2. The fourth-order valence-corrected chi connectivity index (χ4v) is 2.03. The number of carbonyl (C=O) groups excluding carboxylic acids is 1. The van der Waals surface area contributed by atoms with Crippen molar-refractivity contribution >= 4 is 17.5 Å². The average Bonchev–Trinajstić information content (AvgIpc) is 2.45. The van der Waals surface area contributed by atoms with E-state index in [-0.39, 0.29) is 17.3 Å². The number of pyridine rings is 1. The molecular formula is C15H13ClF2N2O. The summed E-state index contributed by atoms with van der Waals surface area (Å²) >= 11 is 5.84. The standard InChI is InChI=1S/C15H13ClF2N2O/c1-2-12-5-10(6-14(16)20-12)15(21)19-8-9-3-4-11(17)7-13(9)18/h3-7H,2,8H2,1H3,(H,19,21). The minimum absolute atomic E-state index is 0.0354. The lowest BCUT2D eigenvalue weighted by molar-refractivity contribution is 0.0950. The van der Waals surface area contributed by atoms with Gasteiger partial charge in [-0.2, -0.15) is 0 Å². The van der Waals surface area contributed by atoms with Crippen LogP contribution < -0.4 is 5.32 Å². The molecule has 1 N–H and O–H groups in total. The van der Waals surface area contributed by atoms with Crippen LogP contribution >= 0.6 is 11.6 Å². The van der Waals surface area contributed by atoms with Gasteiger partial charge in [-0.15, -0.1) is 0 Å². The minimum atomic E-state index is -0.697. The Hall–Kier alpha value is -2.01. The number of aromatic nitrogens is 1. The Bertz CT molecular complexity index is 677. The molecule has 6 heteroatoms. The van der Waals surface area contributed by atoms with E-state index in [4.69, 9.17) is 11.6 Å². The van der Waals surface area contributed by atoms with Crippen molar-refractivity contribution in [1.29, 1.82) is 0 Å². The SMILES string of the molecule is CCc1cc(C(=O)NCc2ccc(F)cc2F)cc(Cl)n1. The largest absolute Gasteiger partial charge is 0.348 e. The molecule has 2 aromatic rings. The van der Waals surface area contributed by atoms with Gasteiger partial charge in [-0.1, -0.05) is 24.6 Å². The summed E-state index contributed by atoms with van der Waals surface area (Å²) in [5.74, 6) is -1.74. The van der Waals surface area contributed by atoms with Gasteiger partial charge < -0.3 is 5.32 Å². The summed E-state index contributed by atoms with van der Waals surface area (Å²) in [6.45, 7) is 1.86. The predicted octanol–water partition coefficient (Wildman–Crippen LogP) is 3.51. The number of nitrogens with zero attached hydrogens (tertiary/aromatic N) is 1. The molecule has 0 aliphatic carbocycles. The van der Waals surface area contributed by atoms with Crippen LogP contribution in [0.5, 0.6) is 0 Å². The average molecular weight is 311 g/mol. The van der Waals surface area contributed by atoms with Crippen LogP contribution in [0.25, 0.3) is 0 Å². The molecule has 0 unspecified atom stereocenters. The van der Waals surface area contributed by atoms with Crippen LogP contribution in [-0.4, -0.2) is 10.9 Å². The summed E-state index contributed by atoms with van der Waals surface area (Å²) in [7, 11) is 0. The van der Waals surface area contributed by atoms with E-state index in [9.17, 15) is 13.6 Å². The van der Waals surface area contributed by atoms with Crippen molar-refractivity contribution in [2.45, 2.75) is 19.9 Å². The number of benzene rings is 1. The fraction of sp³-hybridized carbons (Fsp3) is 0.200. The number of amides is 1. The third-order valence-corrected chi connectivity index (χ3v) is 3.12. The van der Waals surface area contributed by atoms with Gasteiger partial charge in [0.15, 0.2) is 0 Å². The van der Waals surface area contributed by atoms with E-state index in [0.29, 0.717) is 17.7 Å². The second-order valence-electron chi connectivity index (χ2n) is 4.44. The Balaban J connectivity index is 2.09. The second kappa shape index (κ2) is 6.63. The third-order valence-electron chi connectivity index (χ3n) is 2.93. The van der Waals surface area contributed by atoms with E-state index in [1.807, 2.05) is 6.92 Å². The zero-order valence-corrected chi connectivity index (χ0v) is 12.0. The molecule has 0 fully saturated rings. The van der Waals surface area contributed by atoms with Gasteiger partial charge in [0.2, 0.25) is 0 Å². The van der Waals surface area contributed by atoms with Crippen LogP contribution in [0.3, 0.4) is 0 Å². The molecule has 0 bridgehead atoms. The third kappa shape index (κ3) is 3.98. The number of nitrogens with one attached hydrogen (secondary N) is 1. The molecule has 3 nitrogen and oxygen atoms in total. The van der Waals surface area contributed by atoms with Crippen molar-refractivity contribution in [2.24, 2.45) is 0 Å². The lowest BCUT2D eigenvalue weighted by Gasteiger charge is -2.08. The highest BCUT2D eigenvalue weighted by atomic mass is 35.5. The highest BCUT2D eigenvalue weighted by Gasteiger charge is 2.10. The van der Waals surface area contributed by atoms with E-state index in [1.165, 1.54) is 12.1 Å². The van der Waals surface area contributed by atoms with Crippen LogP contribution in [0.1, 0.15) is 28.5 Å².